The van der Waals surface area contributed by atoms with E-state index in [4.69, 9.17) is 4.74 Å². The maximum Gasteiger partial charge on any atom is 0.264 e. The zero-order chi connectivity index (χ0) is 23.1. The van der Waals surface area contributed by atoms with Crippen molar-refractivity contribution >= 4 is 49.8 Å². The van der Waals surface area contributed by atoms with E-state index < -0.39 is 22.5 Å². The number of hydrogen-bond acceptors (Lipinski definition) is 8. The van der Waals surface area contributed by atoms with Gasteiger partial charge in [-0.3, -0.25) is 14.4 Å². The van der Waals surface area contributed by atoms with Gasteiger partial charge in [0.25, 0.3) is 10.0 Å². The standard InChI is InChI=1S/C21H24N4O4S3/c1-4-29-17-12-10-16(11-13-17)25(32(27,28)18-8-6-5-7-9-18)14-19(26)22-20-23-24-21(31-20)30-15(2)3/h5-13,15H,4,14H2,1-3H3,(H,22,23,26). The van der Waals surface area contributed by atoms with Crippen molar-refractivity contribution in [3.8, 4) is 5.75 Å². The summed E-state index contributed by atoms with van der Waals surface area (Å²) >= 11 is 2.79. The second-order valence-corrected chi connectivity index (χ2v) is 11.5. The molecular weight excluding hydrogens is 468 g/mol. The number of nitrogens with one attached hydrogen (secondary N) is 1. The number of nitrogens with zero attached hydrogens (tertiary/aromatic N) is 3. The van der Waals surface area contributed by atoms with Crippen LogP contribution < -0.4 is 14.4 Å². The molecule has 2 aromatic carbocycles. The molecule has 11 heteroatoms. The highest BCUT2D eigenvalue weighted by molar-refractivity contribution is 8.01. The number of carbonyl (C=O) groups excluding carboxylic acids is 1. The van der Waals surface area contributed by atoms with Gasteiger partial charge < -0.3 is 4.74 Å². The summed E-state index contributed by atoms with van der Waals surface area (Å²) in [5.74, 6) is 0.0949. The molecule has 0 atom stereocenters. The second kappa shape index (κ2) is 10.8. The number of ether oxygens (including phenoxy) is 1. The minimum Gasteiger partial charge on any atom is -0.494 e. The van der Waals surface area contributed by atoms with Gasteiger partial charge in [0.05, 0.1) is 17.2 Å². The fraction of sp³-hybridized carbons (Fsp3) is 0.286. The molecule has 0 saturated heterocycles. The van der Waals surface area contributed by atoms with Crippen molar-refractivity contribution in [3.63, 3.8) is 0 Å². The molecule has 0 saturated carbocycles. The molecule has 8 nitrogen and oxygen atoms in total. The number of benzene rings is 2. The molecule has 0 unspecified atom stereocenters. The predicted octanol–water partition coefficient (Wildman–Crippen LogP) is 4.27. The third-order valence-electron chi connectivity index (χ3n) is 4.04. The smallest absolute Gasteiger partial charge is 0.264 e. The van der Waals surface area contributed by atoms with Crippen LogP contribution in [0.4, 0.5) is 10.8 Å². The Morgan fingerprint density at radius 1 is 1.12 bits per heavy atom. The zero-order valence-electron chi connectivity index (χ0n) is 17.9. The number of sulfonamides is 1. The summed E-state index contributed by atoms with van der Waals surface area (Å²) in [6.07, 6.45) is 0. The molecule has 0 aliphatic rings. The van der Waals surface area contributed by atoms with Gasteiger partial charge in [0.15, 0.2) is 4.34 Å². The van der Waals surface area contributed by atoms with Crippen molar-refractivity contribution in [1.29, 1.82) is 0 Å². The molecule has 1 aromatic heterocycles. The van der Waals surface area contributed by atoms with Gasteiger partial charge in [0, 0.05) is 5.25 Å². The van der Waals surface area contributed by atoms with Crippen molar-refractivity contribution in [1.82, 2.24) is 10.2 Å². The minimum atomic E-state index is -3.98. The first-order valence-corrected chi connectivity index (χ1v) is 13.0. The quantitative estimate of drug-likeness (QED) is 0.333. The Hall–Kier alpha value is -2.63. The highest BCUT2D eigenvalue weighted by atomic mass is 32.2. The van der Waals surface area contributed by atoms with Gasteiger partial charge in [0.2, 0.25) is 11.0 Å². The fourth-order valence-electron chi connectivity index (χ4n) is 2.71. The van der Waals surface area contributed by atoms with Crippen LogP contribution in [0.15, 0.2) is 63.8 Å². The van der Waals surface area contributed by atoms with E-state index in [-0.39, 0.29) is 4.90 Å². The van der Waals surface area contributed by atoms with Crippen LogP contribution >= 0.6 is 23.1 Å². The lowest BCUT2D eigenvalue weighted by Crippen LogP contribution is -2.38. The highest BCUT2D eigenvalue weighted by Crippen LogP contribution is 2.29. The summed E-state index contributed by atoms with van der Waals surface area (Å²) in [7, 11) is -3.98. The van der Waals surface area contributed by atoms with E-state index in [2.05, 4.69) is 15.5 Å². The maximum absolute atomic E-state index is 13.3. The van der Waals surface area contributed by atoms with Crippen LogP contribution in [0.2, 0.25) is 0 Å². The molecule has 1 heterocycles. The summed E-state index contributed by atoms with van der Waals surface area (Å²) in [5.41, 5.74) is 0.348. The fourth-order valence-corrected chi connectivity index (χ4v) is 6.14. The normalized spacial score (nSPS) is 11.4. The van der Waals surface area contributed by atoms with E-state index in [0.717, 1.165) is 8.64 Å². The first-order valence-electron chi connectivity index (χ1n) is 9.90. The number of rotatable bonds is 10. The van der Waals surface area contributed by atoms with Crippen LogP contribution in [0.3, 0.4) is 0 Å². The van der Waals surface area contributed by atoms with Crippen LogP contribution in [-0.4, -0.2) is 42.9 Å². The van der Waals surface area contributed by atoms with Gasteiger partial charge in [-0.2, -0.15) is 0 Å². The molecule has 1 N–H and O–H groups in total. The highest BCUT2D eigenvalue weighted by Gasteiger charge is 2.27. The summed E-state index contributed by atoms with van der Waals surface area (Å²) in [4.78, 5) is 12.9. The molecule has 3 rings (SSSR count). The average molecular weight is 493 g/mol. The molecule has 0 aliphatic carbocycles. The first-order chi connectivity index (χ1) is 15.3. The third-order valence-corrected chi connectivity index (χ3v) is 7.76. The van der Waals surface area contributed by atoms with Crippen LogP contribution in [0.1, 0.15) is 20.8 Å². The second-order valence-electron chi connectivity index (χ2n) is 6.84. The number of aromatic nitrogens is 2. The summed E-state index contributed by atoms with van der Waals surface area (Å²) in [5, 5.41) is 11.3. The molecule has 0 spiro atoms. The predicted molar refractivity (Wildman–Crippen MR) is 128 cm³/mol. The van der Waals surface area contributed by atoms with Gasteiger partial charge in [0.1, 0.15) is 12.3 Å². The number of carbonyl (C=O) groups is 1. The van der Waals surface area contributed by atoms with Crippen molar-refractivity contribution in [2.24, 2.45) is 0 Å². The van der Waals surface area contributed by atoms with Gasteiger partial charge in [-0.1, -0.05) is 55.1 Å². The Labute approximate surface area is 196 Å². The average Bonchev–Trinajstić information content (AvgIpc) is 3.19. The van der Waals surface area contributed by atoms with E-state index in [0.29, 0.717) is 28.4 Å². The van der Waals surface area contributed by atoms with Crippen molar-refractivity contribution < 1.29 is 17.9 Å². The van der Waals surface area contributed by atoms with Gasteiger partial charge in [-0.25, -0.2) is 8.42 Å². The van der Waals surface area contributed by atoms with Crippen LogP contribution in [0.25, 0.3) is 0 Å². The molecule has 0 bridgehead atoms. The Kier molecular flexibility index (Phi) is 8.10. The summed E-state index contributed by atoms with van der Waals surface area (Å²) in [6, 6.07) is 14.6. The molecule has 32 heavy (non-hydrogen) atoms. The van der Waals surface area contributed by atoms with E-state index >= 15 is 0 Å². The van der Waals surface area contributed by atoms with Crippen LogP contribution in [0.5, 0.6) is 5.75 Å². The molecule has 170 valence electrons. The lowest BCUT2D eigenvalue weighted by Gasteiger charge is -2.24. The van der Waals surface area contributed by atoms with Crippen molar-refractivity contribution in [3.05, 3.63) is 54.6 Å². The molecule has 0 radical (unpaired) electrons. The number of anilines is 2. The Bertz CT molecular complexity index is 1130. The zero-order valence-corrected chi connectivity index (χ0v) is 20.3. The Balaban J connectivity index is 1.85. The molecular formula is C21H24N4O4S3. The Morgan fingerprint density at radius 2 is 1.81 bits per heavy atom. The number of amides is 1. The van der Waals surface area contributed by atoms with Gasteiger partial charge in [-0.15, -0.1) is 10.2 Å². The molecule has 0 fully saturated rings. The maximum atomic E-state index is 13.3. The summed E-state index contributed by atoms with van der Waals surface area (Å²) in [6.45, 7) is 6.01. The third kappa shape index (κ3) is 6.21. The van der Waals surface area contributed by atoms with Crippen molar-refractivity contribution in [2.45, 2.75) is 35.3 Å². The van der Waals surface area contributed by atoms with Crippen LogP contribution in [-0.2, 0) is 14.8 Å². The topological polar surface area (TPSA) is 101 Å². The largest absolute Gasteiger partial charge is 0.494 e. The van der Waals surface area contributed by atoms with E-state index in [9.17, 15) is 13.2 Å². The lowest BCUT2D eigenvalue weighted by molar-refractivity contribution is -0.114. The van der Waals surface area contributed by atoms with E-state index in [1.54, 1.807) is 42.5 Å². The van der Waals surface area contributed by atoms with E-state index in [1.807, 2.05) is 20.8 Å². The number of thioether (sulfide) groups is 1. The van der Waals surface area contributed by atoms with Gasteiger partial charge >= 0.3 is 0 Å². The van der Waals surface area contributed by atoms with E-state index in [1.165, 1.54) is 35.2 Å². The monoisotopic (exact) mass is 492 g/mol. The first kappa shape index (κ1) is 24.0. The van der Waals surface area contributed by atoms with Crippen LogP contribution in [0, 0.1) is 0 Å². The SMILES string of the molecule is CCOc1ccc(N(CC(=O)Nc2nnc(SC(C)C)s2)S(=O)(=O)c2ccccc2)cc1. The minimum absolute atomic E-state index is 0.0909. The van der Waals surface area contributed by atoms with Crippen molar-refractivity contribution in [2.75, 3.05) is 22.8 Å². The molecule has 1 amide bonds. The molecule has 3 aromatic rings. The summed E-state index contributed by atoms with van der Waals surface area (Å²) < 4.78 is 33.9. The molecule has 0 aliphatic heterocycles. The Morgan fingerprint density at radius 3 is 2.44 bits per heavy atom. The lowest BCUT2D eigenvalue weighted by atomic mass is 10.3. The van der Waals surface area contributed by atoms with Gasteiger partial charge in [-0.05, 0) is 43.3 Å². The number of hydrogen-bond donors (Lipinski definition) is 1.